The van der Waals surface area contributed by atoms with E-state index in [2.05, 4.69) is 25.9 Å². The number of fused-ring (bicyclic) bond motifs is 2. The molecule has 51 heavy (non-hydrogen) atoms. The Morgan fingerprint density at radius 3 is 1.69 bits per heavy atom. The fourth-order valence-electron chi connectivity index (χ4n) is 5.97. The van der Waals surface area contributed by atoms with Gasteiger partial charge in [-0.3, -0.25) is 9.59 Å². The van der Waals surface area contributed by atoms with E-state index in [0.717, 1.165) is 38.5 Å². The van der Waals surface area contributed by atoms with Crippen LogP contribution in [0.1, 0.15) is 57.7 Å². The van der Waals surface area contributed by atoms with Gasteiger partial charge in [0.1, 0.15) is 30.3 Å². The summed E-state index contributed by atoms with van der Waals surface area (Å²) in [6.45, 7) is 9.18. The molecule has 5 N–H and O–H groups in total. The van der Waals surface area contributed by atoms with Gasteiger partial charge in [0.15, 0.2) is 0 Å². The highest BCUT2D eigenvalue weighted by Gasteiger charge is 2.32. The Morgan fingerprint density at radius 2 is 1.16 bits per heavy atom. The van der Waals surface area contributed by atoms with Gasteiger partial charge in [-0.15, -0.1) is 0 Å². The van der Waals surface area contributed by atoms with Crippen LogP contribution in [0.25, 0.3) is 21.8 Å². The van der Waals surface area contributed by atoms with Crippen LogP contribution in [0, 0.1) is 5.92 Å². The van der Waals surface area contributed by atoms with Crippen LogP contribution in [0.3, 0.4) is 0 Å². The summed E-state index contributed by atoms with van der Waals surface area (Å²) in [6.07, 6.45) is 3.41. The third-order valence-corrected chi connectivity index (χ3v) is 8.37. The van der Waals surface area contributed by atoms with Gasteiger partial charge in [0.05, 0.1) is 0 Å². The van der Waals surface area contributed by atoms with Crippen molar-refractivity contribution in [3.05, 3.63) is 108 Å². The summed E-state index contributed by atoms with van der Waals surface area (Å²) in [7, 11) is 0. The summed E-state index contributed by atoms with van der Waals surface area (Å²) >= 11 is 0. The molecule has 11 heteroatoms. The first-order valence-corrected chi connectivity index (χ1v) is 17.3. The maximum Gasteiger partial charge on any atom is 0.408 e. The van der Waals surface area contributed by atoms with E-state index in [1.165, 1.54) is 0 Å². The molecule has 0 bridgehead atoms. The fraction of sp³-hybridized carbons (Fsp3) is 0.350. The summed E-state index contributed by atoms with van der Waals surface area (Å²) in [5.74, 6) is -1.65. The van der Waals surface area contributed by atoms with E-state index in [4.69, 9.17) is 9.47 Å². The molecule has 5 aromatic rings. The lowest BCUT2D eigenvalue weighted by Gasteiger charge is -2.26. The fourth-order valence-corrected chi connectivity index (χ4v) is 5.97. The van der Waals surface area contributed by atoms with Crippen molar-refractivity contribution < 1.29 is 28.7 Å². The van der Waals surface area contributed by atoms with Crippen molar-refractivity contribution in [2.45, 2.75) is 84.2 Å². The van der Waals surface area contributed by atoms with Gasteiger partial charge < -0.3 is 35.4 Å². The van der Waals surface area contributed by atoms with Gasteiger partial charge >= 0.3 is 12.1 Å². The second-order valence-electron chi connectivity index (χ2n) is 14.2. The monoisotopic (exact) mass is 693 g/mol. The van der Waals surface area contributed by atoms with E-state index in [1.54, 1.807) is 33.2 Å². The SMILES string of the molecule is CC(C)C[C@H](NC(=O)[C@H](Cc1c[nH]c2ccccc12)NC(=O)[C@H](Cc1c[nH]c2ccccc12)NC(=O)OC(C)(C)C)C(=O)OCc1ccccc1. The lowest BCUT2D eigenvalue weighted by atomic mass is 10.00. The number of alkyl carbamates (subject to hydrolysis) is 1. The minimum absolute atomic E-state index is 0.0554. The number of hydrogen-bond acceptors (Lipinski definition) is 6. The van der Waals surface area contributed by atoms with Crippen molar-refractivity contribution in [1.29, 1.82) is 0 Å². The minimum atomic E-state index is -1.11. The molecule has 0 fully saturated rings. The molecule has 268 valence electrons. The summed E-state index contributed by atoms with van der Waals surface area (Å²) in [5, 5.41) is 10.3. The Hall–Kier alpha value is -5.58. The third kappa shape index (κ3) is 10.2. The molecule has 3 amide bonds. The van der Waals surface area contributed by atoms with Crippen LogP contribution in [0.2, 0.25) is 0 Å². The first kappa shape index (κ1) is 36.7. The molecule has 2 heterocycles. The molecule has 0 aliphatic rings. The summed E-state index contributed by atoms with van der Waals surface area (Å²) in [6, 6.07) is 21.5. The van der Waals surface area contributed by atoms with Gasteiger partial charge in [0.25, 0.3) is 0 Å². The first-order chi connectivity index (χ1) is 24.4. The van der Waals surface area contributed by atoms with E-state index in [-0.39, 0.29) is 25.4 Å². The number of rotatable bonds is 14. The van der Waals surface area contributed by atoms with Crippen LogP contribution >= 0.6 is 0 Å². The smallest absolute Gasteiger partial charge is 0.408 e. The lowest BCUT2D eigenvalue weighted by Crippen LogP contribution is -2.57. The van der Waals surface area contributed by atoms with E-state index in [9.17, 15) is 19.2 Å². The summed E-state index contributed by atoms with van der Waals surface area (Å²) in [5.41, 5.74) is 3.39. The normalized spacial score (nSPS) is 13.4. The average molecular weight is 694 g/mol. The van der Waals surface area contributed by atoms with Crippen molar-refractivity contribution >= 4 is 45.7 Å². The van der Waals surface area contributed by atoms with E-state index < -0.39 is 47.6 Å². The van der Waals surface area contributed by atoms with E-state index in [0.29, 0.717) is 6.42 Å². The molecule has 3 aromatic carbocycles. The molecule has 0 unspecified atom stereocenters. The van der Waals surface area contributed by atoms with Gasteiger partial charge in [-0.2, -0.15) is 0 Å². The van der Waals surface area contributed by atoms with Crippen LogP contribution in [-0.2, 0) is 43.3 Å². The maximum absolute atomic E-state index is 14.2. The first-order valence-electron chi connectivity index (χ1n) is 17.3. The number of ether oxygens (including phenoxy) is 2. The molecule has 0 saturated carbocycles. The maximum atomic E-state index is 14.2. The lowest BCUT2D eigenvalue weighted by molar-refractivity contribution is -0.149. The molecular weight excluding hydrogens is 646 g/mol. The Balaban J connectivity index is 1.41. The average Bonchev–Trinajstić information content (AvgIpc) is 3.69. The van der Waals surface area contributed by atoms with Crippen molar-refractivity contribution in [2.75, 3.05) is 0 Å². The molecule has 0 radical (unpaired) electrons. The molecule has 0 saturated heterocycles. The number of carbonyl (C=O) groups excluding carboxylic acids is 4. The number of aromatic nitrogens is 2. The topological polar surface area (TPSA) is 154 Å². The van der Waals surface area contributed by atoms with Crippen molar-refractivity contribution in [2.24, 2.45) is 5.92 Å². The zero-order valence-corrected chi connectivity index (χ0v) is 29.7. The van der Waals surface area contributed by atoms with Crippen LogP contribution in [0.15, 0.2) is 91.3 Å². The number of aromatic amines is 2. The second-order valence-corrected chi connectivity index (χ2v) is 14.2. The molecule has 3 atom stereocenters. The molecule has 2 aromatic heterocycles. The molecular formula is C40H47N5O6. The number of amides is 3. The minimum Gasteiger partial charge on any atom is -0.459 e. The Labute approximate surface area is 297 Å². The van der Waals surface area contributed by atoms with Crippen LogP contribution < -0.4 is 16.0 Å². The van der Waals surface area contributed by atoms with Gasteiger partial charge in [-0.05, 0) is 61.9 Å². The second kappa shape index (κ2) is 16.4. The van der Waals surface area contributed by atoms with Gasteiger partial charge in [0.2, 0.25) is 11.8 Å². The van der Waals surface area contributed by atoms with Crippen LogP contribution in [0.5, 0.6) is 0 Å². The predicted molar refractivity (Wildman–Crippen MR) is 197 cm³/mol. The Bertz CT molecular complexity index is 1960. The van der Waals surface area contributed by atoms with Crippen molar-refractivity contribution in [3.8, 4) is 0 Å². The molecule has 5 rings (SSSR count). The third-order valence-electron chi connectivity index (χ3n) is 8.37. The molecule has 0 aliphatic carbocycles. The number of benzene rings is 3. The number of carbonyl (C=O) groups is 4. The Morgan fingerprint density at radius 1 is 0.667 bits per heavy atom. The Kier molecular flexibility index (Phi) is 11.8. The summed E-state index contributed by atoms with van der Waals surface area (Å²) < 4.78 is 11.1. The van der Waals surface area contributed by atoms with Crippen molar-refractivity contribution in [3.63, 3.8) is 0 Å². The predicted octanol–water partition coefficient (Wildman–Crippen LogP) is 6.09. The van der Waals surface area contributed by atoms with Gasteiger partial charge in [0, 0.05) is 47.0 Å². The number of para-hydroxylation sites is 2. The van der Waals surface area contributed by atoms with Gasteiger partial charge in [-0.25, -0.2) is 9.59 Å². The molecule has 0 aliphatic heterocycles. The number of esters is 1. The summed E-state index contributed by atoms with van der Waals surface area (Å²) in [4.78, 5) is 61.2. The zero-order valence-electron chi connectivity index (χ0n) is 29.7. The number of hydrogen-bond donors (Lipinski definition) is 5. The molecule has 0 spiro atoms. The van der Waals surface area contributed by atoms with E-state index >= 15 is 0 Å². The zero-order chi connectivity index (χ0) is 36.5. The van der Waals surface area contributed by atoms with Gasteiger partial charge in [-0.1, -0.05) is 80.6 Å². The molecule has 11 nitrogen and oxygen atoms in total. The van der Waals surface area contributed by atoms with E-state index in [1.807, 2.05) is 92.7 Å². The van der Waals surface area contributed by atoms with Crippen LogP contribution in [0.4, 0.5) is 4.79 Å². The van der Waals surface area contributed by atoms with Crippen molar-refractivity contribution in [1.82, 2.24) is 25.9 Å². The highest BCUT2D eigenvalue weighted by molar-refractivity contribution is 5.94. The van der Waals surface area contributed by atoms with Crippen LogP contribution in [-0.4, -0.2) is 57.6 Å². The highest BCUT2D eigenvalue weighted by atomic mass is 16.6. The quantitative estimate of drug-likeness (QED) is 0.0888. The number of nitrogens with one attached hydrogen (secondary N) is 5. The number of H-pyrrole nitrogens is 2. The standard InChI is InChI=1S/C40H47N5O6/c1-25(2)19-35(38(48)50-24-26-13-7-6-8-14-26)44-36(46)33(20-27-22-41-31-17-11-9-15-29(27)31)43-37(47)34(45-39(49)51-40(3,4)5)21-28-23-42-32-18-12-10-16-30(28)32/h6-18,22-23,25,33-35,41-42H,19-21,24H2,1-5H3,(H,43,47)(H,44,46)(H,45,49)/t33-,34-,35-/m0/s1. The largest absolute Gasteiger partial charge is 0.459 e. The highest BCUT2D eigenvalue weighted by Crippen LogP contribution is 2.22.